The summed E-state index contributed by atoms with van der Waals surface area (Å²) in [6.07, 6.45) is 2.85. The number of hydrogen-bond donors (Lipinski definition) is 1. The summed E-state index contributed by atoms with van der Waals surface area (Å²) in [5, 5.41) is 3.55. The van der Waals surface area contributed by atoms with E-state index in [0.717, 1.165) is 24.8 Å². The van der Waals surface area contributed by atoms with Crippen LogP contribution >= 0.6 is 11.3 Å². The molecule has 3 rings (SSSR count). The zero-order chi connectivity index (χ0) is 19.8. The van der Waals surface area contributed by atoms with Crippen LogP contribution in [0.25, 0.3) is 0 Å². The predicted octanol–water partition coefficient (Wildman–Crippen LogP) is 5.21. The number of esters is 1. The molecule has 5 heteroatoms. The van der Waals surface area contributed by atoms with Gasteiger partial charge in [0.15, 0.2) is 0 Å². The quantitative estimate of drug-likeness (QED) is 0.738. The maximum absolute atomic E-state index is 12.8. The monoisotopic (exact) mass is 385 g/mol. The second kappa shape index (κ2) is 7.47. The lowest BCUT2D eigenvalue weighted by molar-refractivity contribution is 0.0601. The maximum Gasteiger partial charge on any atom is 0.341 e. The summed E-state index contributed by atoms with van der Waals surface area (Å²) in [6.45, 7) is 8.64. The number of benzene rings is 1. The van der Waals surface area contributed by atoms with Gasteiger partial charge in [-0.2, -0.15) is 0 Å². The molecule has 1 aromatic carbocycles. The first kappa shape index (κ1) is 19.6. The van der Waals surface area contributed by atoms with Gasteiger partial charge in [0.1, 0.15) is 5.00 Å². The van der Waals surface area contributed by atoms with Crippen molar-refractivity contribution in [2.24, 2.45) is 5.92 Å². The second-order valence-corrected chi connectivity index (χ2v) is 9.43. The molecule has 0 saturated carbocycles. The van der Waals surface area contributed by atoms with Crippen molar-refractivity contribution >= 4 is 28.2 Å². The standard InChI is InChI=1S/C22H27NO3S/c1-13-6-11-16-17(12-13)27-20(18(16)21(25)26-5)23-19(24)14-7-9-15(10-8-14)22(2,3)4/h7-10,13H,6,11-12H2,1-5H3,(H,23,24)/t13-/m1/s1. The molecule has 27 heavy (non-hydrogen) atoms. The number of hydrogen-bond acceptors (Lipinski definition) is 4. The second-order valence-electron chi connectivity index (χ2n) is 8.33. The summed E-state index contributed by atoms with van der Waals surface area (Å²) in [5.74, 6) is 0.0165. The normalized spacial score (nSPS) is 16.6. The molecule has 4 nitrogen and oxygen atoms in total. The van der Waals surface area contributed by atoms with Crippen molar-refractivity contribution in [3.8, 4) is 0 Å². The Kier molecular flexibility index (Phi) is 5.43. The summed E-state index contributed by atoms with van der Waals surface area (Å²) in [6, 6.07) is 7.64. The van der Waals surface area contributed by atoms with Crippen LogP contribution in [0.3, 0.4) is 0 Å². The summed E-state index contributed by atoms with van der Waals surface area (Å²) in [7, 11) is 1.38. The van der Waals surface area contributed by atoms with Gasteiger partial charge in [0.25, 0.3) is 5.91 Å². The zero-order valence-corrected chi connectivity index (χ0v) is 17.5. The van der Waals surface area contributed by atoms with Crippen LogP contribution in [-0.4, -0.2) is 19.0 Å². The van der Waals surface area contributed by atoms with Crippen LogP contribution in [0.4, 0.5) is 5.00 Å². The molecule has 0 unspecified atom stereocenters. The number of rotatable bonds is 3. The minimum Gasteiger partial charge on any atom is -0.465 e. The lowest BCUT2D eigenvalue weighted by atomic mass is 9.86. The number of carbonyl (C=O) groups is 2. The van der Waals surface area contributed by atoms with Crippen LogP contribution in [0, 0.1) is 5.92 Å². The lowest BCUT2D eigenvalue weighted by Gasteiger charge is -2.19. The van der Waals surface area contributed by atoms with Crippen LogP contribution in [0.1, 0.15) is 70.8 Å². The Morgan fingerprint density at radius 2 is 1.85 bits per heavy atom. The van der Waals surface area contributed by atoms with E-state index in [1.165, 1.54) is 28.9 Å². The number of ether oxygens (including phenoxy) is 1. The van der Waals surface area contributed by atoms with E-state index in [-0.39, 0.29) is 17.3 Å². The van der Waals surface area contributed by atoms with E-state index in [0.29, 0.717) is 22.0 Å². The molecular weight excluding hydrogens is 358 g/mol. The summed E-state index contributed by atoms with van der Waals surface area (Å²) >= 11 is 1.51. The molecule has 1 aromatic heterocycles. The van der Waals surface area contributed by atoms with E-state index >= 15 is 0 Å². The van der Waals surface area contributed by atoms with Crippen LogP contribution in [0.15, 0.2) is 24.3 Å². The van der Waals surface area contributed by atoms with E-state index in [2.05, 4.69) is 33.0 Å². The zero-order valence-electron chi connectivity index (χ0n) is 16.6. The predicted molar refractivity (Wildman–Crippen MR) is 110 cm³/mol. The average Bonchev–Trinajstić information content (AvgIpc) is 2.97. The highest BCUT2D eigenvalue weighted by Gasteiger charge is 2.29. The van der Waals surface area contributed by atoms with Gasteiger partial charge in [0.2, 0.25) is 0 Å². The molecule has 0 fully saturated rings. The molecule has 0 bridgehead atoms. The Hall–Kier alpha value is -2.14. The van der Waals surface area contributed by atoms with Gasteiger partial charge in [-0.25, -0.2) is 4.79 Å². The van der Waals surface area contributed by atoms with Gasteiger partial charge in [-0.05, 0) is 53.9 Å². The third-order valence-electron chi connectivity index (χ3n) is 5.14. The smallest absolute Gasteiger partial charge is 0.341 e. The van der Waals surface area contributed by atoms with Crippen LogP contribution in [-0.2, 0) is 23.0 Å². The van der Waals surface area contributed by atoms with Crippen LogP contribution in [0.2, 0.25) is 0 Å². The molecule has 0 saturated heterocycles. The molecule has 0 radical (unpaired) electrons. The van der Waals surface area contributed by atoms with E-state index < -0.39 is 0 Å². The van der Waals surface area contributed by atoms with E-state index in [4.69, 9.17) is 4.74 Å². The van der Waals surface area contributed by atoms with Crippen molar-refractivity contribution in [3.63, 3.8) is 0 Å². The molecule has 1 aliphatic carbocycles. The Labute approximate surface area is 164 Å². The molecule has 0 aliphatic heterocycles. The van der Waals surface area contributed by atoms with Crippen molar-refractivity contribution in [3.05, 3.63) is 51.4 Å². The third kappa shape index (κ3) is 4.08. The van der Waals surface area contributed by atoms with Crippen molar-refractivity contribution in [1.82, 2.24) is 0 Å². The minimum atomic E-state index is -0.375. The van der Waals surface area contributed by atoms with Gasteiger partial charge in [0.05, 0.1) is 12.7 Å². The Balaban J connectivity index is 1.88. The molecule has 1 atom stereocenters. The lowest BCUT2D eigenvalue weighted by Crippen LogP contribution is -2.16. The molecule has 1 amide bonds. The number of carbonyl (C=O) groups excluding carboxylic acids is 2. The summed E-state index contributed by atoms with van der Waals surface area (Å²) in [5.41, 5.74) is 3.37. The highest BCUT2D eigenvalue weighted by molar-refractivity contribution is 7.17. The first-order valence-electron chi connectivity index (χ1n) is 9.35. The third-order valence-corrected chi connectivity index (χ3v) is 6.31. The van der Waals surface area contributed by atoms with Crippen LogP contribution < -0.4 is 5.32 Å². The van der Waals surface area contributed by atoms with Crippen LogP contribution in [0.5, 0.6) is 0 Å². The molecule has 0 spiro atoms. The van der Waals surface area contributed by atoms with Crippen molar-refractivity contribution in [2.45, 2.75) is 52.4 Å². The highest BCUT2D eigenvalue weighted by Crippen LogP contribution is 2.40. The molecule has 2 aromatic rings. The fourth-order valence-corrected chi connectivity index (χ4v) is 4.85. The van der Waals surface area contributed by atoms with Crippen molar-refractivity contribution in [2.75, 3.05) is 12.4 Å². The molecule has 144 valence electrons. The molecule has 1 N–H and O–H groups in total. The van der Waals surface area contributed by atoms with E-state index in [1.807, 2.05) is 24.3 Å². The summed E-state index contributed by atoms with van der Waals surface area (Å²) < 4.78 is 4.99. The highest BCUT2D eigenvalue weighted by atomic mass is 32.1. The fraction of sp³-hybridized carbons (Fsp3) is 0.455. The number of thiophene rings is 1. The Bertz CT molecular complexity index is 859. The first-order valence-corrected chi connectivity index (χ1v) is 10.2. The van der Waals surface area contributed by atoms with E-state index in [9.17, 15) is 9.59 Å². The number of amides is 1. The van der Waals surface area contributed by atoms with Crippen molar-refractivity contribution in [1.29, 1.82) is 0 Å². The largest absolute Gasteiger partial charge is 0.465 e. The van der Waals surface area contributed by atoms with Gasteiger partial charge in [-0.15, -0.1) is 11.3 Å². The van der Waals surface area contributed by atoms with Crippen molar-refractivity contribution < 1.29 is 14.3 Å². The number of anilines is 1. The van der Waals surface area contributed by atoms with Gasteiger partial charge >= 0.3 is 5.97 Å². The SMILES string of the molecule is COC(=O)c1c(NC(=O)c2ccc(C(C)(C)C)cc2)sc2c1CC[C@@H](C)C2. The Morgan fingerprint density at radius 1 is 1.19 bits per heavy atom. The van der Waals surface area contributed by atoms with Gasteiger partial charge < -0.3 is 10.1 Å². The summed E-state index contributed by atoms with van der Waals surface area (Å²) in [4.78, 5) is 26.3. The minimum absolute atomic E-state index is 0.0383. The van der Waals surface area contributed by atoms with Gasteiger partial charge in [-0.1, -0.05) is 39.8 Å². The molecule has 1 aliphatic rings. The Morgan fingerprint density at radius 3 is 2.44 bits per heavy atom. The fourth-order valence-electron chi connectivity index (χ4n) is 3.45. The van der Waals surface area contributed by atoms with Gasteiger partial charge in [0, 0.05) is 10.4 Å². The molecular formula is C22H27NO3S. The number of nitrogens with one attached hydrogen (secondary N) is 1. The number of fused-ring (bicyclic) bond motifs is 1. The number of methoxy groups -OCH3 is 1. The average molecular weight is 386 g/mol. The first-order chi connectivity index (χ1) is 12.7. The van der Waals surface area contributed by atoms with E-state index in [1.54, 1.807) is 0 Å². The molecule has 1 heterocycles. The van der Waals surface area contributed by atoms with Gasteiger partial charge in [-0.3, -0.25) is 4.79 Å². The topological polar surface area (TPSA) is 55.4 Å². The maximum atomic E-state index is 12.8.